The van der Waals surface area contributed by atoms with Crippen LogP contribution in [-0.4, -0.2) is 30.3 Å². The Morgan fingerprint density at radius 1 is 1.35 bits per heavy atom. The predicted octanol–water partition coefficient (Wildman–Crippen LogP) is 2.95. The van der Waals surface area contributed by atoms with Crippen LogP contribution >= 0.6 is 11.6 Å². The maximum absolute atomic E-state index is 11.8. The standard InChI is InChI=1S/C14H20ClNO/c1-12(11-15)14(17)16(2)10-6-9-13-7-4-3-5-8-13/h3-5,7-8,12H,6,9-11H2,1-2H3. The first-order chi connectivity index (χ1) is 8.15. The average molecular weight is 254 g/mol. The summed E-state index contributed by atoms with van der Waals surface area (Å²) in [4.78, 5) is 13.5. The van der Waals surface area contributed by atoms with Gasteiger partial charge in [0.05, 0.1) is 0 Å². The molecule has 1 aromatic carbocycles. The predicted molar refractivity (Wildman–Crippen MR) is 72.3 cm³/mol. The van der Waals surface area contributed by atoms with Gasteiger partial charge in [-0.25, -0.2) is 0 Å². The Kier molecular flexibility index (Phi) is 6.06. The molecule has 1 rings (SSSR count). The highest BCUT2D eigenvalue weighted by molar-refractivity contribution is 6.19. The zero-order valence-electron chi connectivity index (χ0n) is 10.5. The minimum absolute atomic E-state index is 0.0848. The molecule has 0 spiro atoms. The highest BCUT2D eigenvalue weighted by Gasteiger charge is 2.15. The summed E-state index contributed by atoms with van der Waals surface area (Å²) in [6.07, 6.45) is 2.00. The van der Waals surface area contributed by atoms with E-state index < -0.39 is 0 Å². The van der Waals surface area contributed by atoms with Gasteiger partial charge < -0.3 is 4.90 Å². The van der Waals surface area contributed by atoms with Gasteiger partial charge in [0.15, 0.2) is 0 Å². The Bertz CT molecular complexity index is 339. The van der Waals surface area contributed by atoms with Crippen molar-refractivity contribution in [3.8, 4) is 0 Å². The van der Waals surface area contributed by atoms with E-state index >= 15 is 0 Å². The highest BCUT2D eigenvalue weighted by Crippen LogP contribution is 2.06. The maximum Gasteiger partial charge on any atom is 0.226 e. The number of halogens is 1. The average Bonchev–Trinajstić information content (AvgIpc) is 2.38. The summed E-state index contributed by atoms with van der Waals surface area (Å²) in [5, 5.41) is 0. The molecule has 0 radical (unpaired) electrons. The number of carbonyl (C=O) groups excluding carboxylic acids is 1. The topological polar surface area (TPSA) is 20.3 Å². The second-order valence-corrected chi connectivity index (χ2v) is 4.71. The van der Waals surface area contributed by atoms with E-state index in [1.165, 1.54) is 5.56 Å². The lowest BCUT2D eigenvalue weighted by Crippen LogP contribution is -2.33. The number of hydrogen-bond donors (Lipinski definition) is 0. The molecule has 0 aliphatic rings. The van der Waals surface area contributed by atoms with Crippen molar-refractivity contribution in [1.29, 1.82) is 0 Å². The van der Waals surface area contributed by atoms with E-state index in [-0.39, 0.29) is 11.8 Å². The van der Waals surface area contributed by atoms with E-state index in [1.54, 1.807) is 4.90 Å². The summed E-state index contributed by atoms with van der Waals surface area (Å²) in [6.45, 7) is 2.65. The molecule has 0 bridgehead atoms. The van der Waals surface area contributed by atoms with Crippen LogP contribution in [0.25, 0.3) is 0 Å². The molecule has 2 nitrogen and oxygen atoms in total. The molecule has 0 aliphatic carbocycles. The lowest BCUT2D eigenvalue weighted by molar-refractivity contribution is -0.133. The summed E-state index contributed by atoms with van der Waals surface area (Å²) < 4.78 is 0. The van der Waals surface area contributed by atoms with Crippen molar-refractivity contribution in [2.75, 3.05) is 19.5 Å². The third-order valence-corrected chi connectivity index (χ3v) is 3.29. The number of benzene rings is 1. The summed E-state index contributed by atoms with van der Waals surface area (Å²) >= 11 is 5.67. The molecule has 3 heteroatoms. The van der Waals surface area contributed by atoms with Gasteiger partial charge in [0.1, 0.15) is 0 Å². The van der Waals surface area contributed by atoms with Crippen LogP contribution in [0.4, 0.5) is 0 Å². The van der Waals surface area contributed by atoms with Crippen LogP contribution in [0.2, 0.25) is 0 Å². The SMILES string of the molecule is CC(CCl)C(=O)N(C)CCCc1ccccc1. The summed E-state index contributed by atoms with van der Waals surface area (Å²) in [5.41, 5.74) is 1.32. The van der Waals surface area contributed by atoms with Crippen LogP contribution < -0.4 is 0 Å². The second kappa shape index (κ2) is 7.33. The van der Waals surface area contributed by atoms with Crippen LogP contribution in [0.5, 0.6) is 0 Å². The van der Waals surface area contributed by atoms with E-state index in [0.717, 1.165) is 19.4 Å². The van der Waals surface area contributed by atoms with Crippen molar-refractivity contribution in [1.82, 2.24) is 4.90 Å². The van der Waals surface area contributed by atoms with Gasteiger partial charge in [-0.3, -0.25) is 4.79 Å². The Balaban J connectivity index is 2.29. The molecule has 0 saturated heterocycles. The molecule has 1 unspecified atom stereocenters. The van der Waals surface area contributed by atoms with Gasteiger partial charge in [0.2, 0.25) is 5.91 Å². The quantitative estimate of drug-likeness (QED) is 0.714. The number of alkyl halides is 1. The van der Waals surface area contributed by atoms with Crippen LogP contribution in [0, 0.1) is 5.92 Å². The zero-order chi connectivity index (χ0) is 12.7. The first-order valence-corrected chi connectivity index (χ1v) is 6.53. The van der Waals surface area contributed by atoms with E-state index in [0.29, 0.717) is 5.88 Å². The maximum atomic E-state index is 11.8. The van der Waals surface area contributed by atoms with Gasteiger partial charge >= 0.3 is 0 Å². The van der Waals surface area contributed by atoms with Crippen LogP contribution in [0.3, 0.4) is 0 Å². The number of nitrogens with zero attached hydrogens (tertiary/aromatic N) is 1. The number of hydrogen-bond acceptors (Lipinski definition) is 1. The fraction of sp³-hybridized carbons (Fsp3) is 0.500. The Morgan fingerprint density at radius 2 is 2.00 bits per heavy atom. The van der Waals surface area contributed by atoms with E-state index in [9.17, 15) is 4.79 Å². The van der Waals surface area contributed by atoms with Crippen LogP contribution in [0.15, 0.2) is 30.3 Å². The first kappa shape index (κ1) is 14.0. The van der Waals surface area contributed by atoms with Gasteiger partial charge in [-0.15, -0.1) is 11.6 Å². The normalized spacial score (nSPS) is 12.2. The van der Waals surface area contributed by atoms with Crippen molar-refractivity contribution in [3.63, 3.8) is 0 Å². The third kappa shape index (κ3) is 4.78. The van der Waals surface area contributed by atoms with Crippen molar-refractivity contribution >= 4 is 17.5 Å². The third-order valence-electron chi connectivity index (χ3n) is 2.83. The van der Waals surface area contributed by atoms with Crippen molar-refractivity contribution in [2.45, 2.75) is 19.8 Å². The minimum atomic E-state index is -0.0848. The fourth-order valence-corrected chi connectivity index (χ4v) is 1.85. The number of rotatable bonds is 6. The largest absolute Gasteiger partial charge is 0.345 e. The van der Waals surface area contributed by atoms with Gasteiger partial charge in [-0.2, -0.15) is 0 Å². The van der Waals surface area contributed by atoms with Crippen molar-refractivity contribution in [3.05, 3.63) is 35.9 Å². The van der Waals surface area contributed by atoms with Crippen LogP contribution in [0.1, 0.15) is 18.9 Å². The van der Waals surface area contributed by atoms with E-state index in [2.05, 4.69) is 12.1 Å². The molecule has 0 saturated carbocycles. The summed E-state index contributed by atoms with van der Waals surface area (Å²) in [5.74, 6) is 0.438. The zero-order valence-corrected chi connectivity index (χ0v) is 11.3. The van der Waals surface area contributed by atoms with Crippen molar-refractivity contribution in [2.24, 2.45) is 5.92 Å². The Morgan fingerprint density at radius 3 is 2.59 bits per heavy atom. The molecule has 1 atom stereocenters. The minimum Gasteiger partial charge on any atom is -0.345 e. The van der Waals surface area contributed by atoms with E-state index in [1.807, 2.05) is 32.2 Å². The second-order valence-electron chi connectivity index (χ2n) is 4.40. The van der Waals surface area contributed by atoms with Gasteiger partial charge in [0.25, 0.3) is 0 Å². The lowest BCUT2D eigenvalue weighted by atomic mass is 10.1. The number of carbonyl (C=O) groups is 1. The molecular formula is C14H20ClNO. The lowest BCUT2D eigenvalue weighted by Gasteiger charge is -2.20. The highest BCUT2D eigenvalue weighted by atomic mass is 35.5. The molecule has 0 aromatic heterocycles. The van der Waals surface area contributed by atoms with Gasteiger partial charge in [0, 0.05) is 25.4 Å². The Hall–Kier alpha value is -1.02. The smallest absolute Gasteiger partial charge is 0.226 e. The molecule has 1 aromatic rings. The molecule has 0 heterocycles. The molecule has 0 aliphatic heterocycles. The van der Waals surface area contributed by atoms with Crippen molar-refractivity contribution < 1.29 is 4.79 Å². The van der Waals surface area contributed by atoms with Crippen LogP contribution in [-0.2, 0) is 11.2 Å². The first-order valence-electron chi connectivity index (χ1n) is 6.00. The number of amides is 1. The number of aryl methyl sites for hydroxylation is 1. The molecular weight excluding hydrogens is 234 g/mol. The molecule has 94 valence electrons. The molecule has 0 fully saturated rings. The summed E-state index contributed by atoms with van der Waals surface area (Å²) in [6, 6.07) is 10.3. The fourth-order valence-electron chi connectivity index (χ4n) is 1.72. The monoisotopic (exact) mass is 253 g/mol. The molecule has 0 N–H and O–H groups in total. The van der Waals surface area contributed by atoms with E-state index in [4.69, 9.17) is 11.6 Å². The Labute approximate surface area is 109 Å². The molecule has 17 heavy (non-hydrogen) atoms. The summed E-state index contributed by atoms with van der Waals surface area (Å²) in [7, 11) is 1.84. The van der Waals surface area contributed by atoms with Gasteiger partial charge in [-0.1, -0.05) is 37.3 Å². The van der Waals surface area contributed by atoms with Gasteiger partial charge in [-0.05, 0) is 18.4 Å². The molecule has 1 amide bonds.